The molecule has 2 aliphatic heterocycles. The van der Waals surface area contributed by atoms with Crippen molar-refractivity contribution in [3.63, 3.8) is 0 Å². The minimum atomic E-state index is 0.146. The van der Waals surface area contributed by atoms with Crippen LogP contribution in [0.25, 0.3) is 0 Å². The molecule has 0 aromatic heterocycles. The topological polar surface area (TPSA) is 12.5 Å². The Morgan fingerprint density at radius 3 is 0.750 bits per heavy atom. The van der Waals surface area contributed by atoms with Crippen LogP contribution in [-0.4, -0.2) is 20.7 Å². The molecule has 1 nitrogen and oxygen atoms in total. The number of hydrogen-bond donors (Lipinski definition) is 0. The van der Waals surface area contributed by atoms with Crippen molar-refractivity contribution in [1.82, 2.24) is 0 Å². The van der Waals surface area contributed by atoms with Crippen LogP contribution in [0.15, 0.2) is 11.1 Å². The summed E-state index contributed by atoms with van der Waals surface area (Å²) in [5.74, 6) is 0. The quantitative estimate of drug-likeness (QED) is 0.388. The van der Waals surface area contributed by atoms with Gasteiger partial charge in [-0.1, -0.05) is 11.1 Å². The first-order chi connectivity index (χ1) is 8.56. The van der Waals surface area contributed by atoms with E-state index >= 15 is 0 Å². The zero-order chi connectivity index (χ0) is 16.6. The van der Waals surface area contributed by atoms with Gasteiger partial charge in [-0.15, -0.1) is 11.8 Å². The normalized spacial score (nSPS) is 25.2. The van der Waals surface area contributed by atoms with Gasteiger partial charge < -0.3 is 4.74 Å². The lowest BCUT2D eigenvalue weighted by Crippen LogP contribution is -2.10. The van der Waals surface area contributed by atoms with Gasteiger partial charge in [0, 0.05) is 9.49 Å². The van der Waals surface area contributed by atoms with Crippen LogP contribution in [0.2, 0.25) is 0 Å². The summed E-state index contributed by atoms with van der Waals surface area (Å²) in [5, 5.41) is 0. The predicted octanol–water partition coefficient (Wildman–Crippen LogP) is 6.23. The maximum Gasteiger partial charge on any atom is 0.0918 e. The average molecular weight is 301 g/mol. The summed E-state index contributed by atoms with van der Waals surface area (Å²) in [7, 11) is 0. The van der Waals surface area contributed by atoms with Crippen molar-refractivity contribution in [3.8, 4) is 0 Å². The number of ether oxygens (including phenoxy) is 1. The van der Waals surface area contributed by atoms with Crippen molar-refractivity contribution in [1.29, 1.82) is 0 Å². The molecule has 2 heteroatoms. The van der Waals surface area contributed by atoms with Crippen molar-refractivity contribution in [2.24, 2.45) is 0 Å². The Morgan fingerprint density at radius 2 is 0.750 bits per heavy atom. The number of rotatable bonds is 0. The Hall–Kier alpha value is 0.0500. The summed E-state index contributed by atoms with van der Waals surface area (Å²) in [6.45, 7) is 26.1. The Morgan fingerprint density at radius 1 is 0.600 bits per heavy atom. The van der Waals surface area contributed by atoms with Crippen LogP contribution in [0.1, 0.15) is 83.1 Å². The number of hydrogen-bond acceptors (Lipinski definition) is 2. The first kappa shape index (κ1) is 20.1. The van der Waals surface area contributed by atoms with E-state index < -0.39 is 0 Å². The third-order valence-corrected chi connectivity index (χ3v) is 6.67. The summed E-state index contributed by atoms with van der Waals surface area (Å²) < 4.78 is 6.42. The maximum absolute atomic E-state index is 5.29. The molecule has 0 aromatic rings. The third-order valence-electron chi connectivity index (χ3n) is 4.84. The second-order valence-electron chi connectivity index (χ2n) is 8.25. The molecule has 0 aliphatic carbocycles. The molecular formula is C18H36OS. The molecule has 2 saturated heterocycles. The van der Waals surface area contributed by atoms with E-state index in [1.54, 1.807) is 0 Å². The van der Waals surface area contributed by atoms with E-state index in [9.17, 15) is 0 Å². The summed E-state index contributed by atoms with van der Waals surface area (Å²) in [5.41, 5.74) is 3.14. The van der Waals surface area contributed by atoms with Crippen molar-refractivity contribution in [2.45, 2.75) is 104 Å². The third kappa shape index (κ3) is 5.81. The zero-order valence-electron chi connectivity index (χ0n) is 15.8. The number of allylic oxidation sites excluding steroid dienone is 2. The standard InChI is InChI=1S/C6H12O.C6H12S.C6H12/c2*1-5(2)6(3,4)7-5;1-5(2)6(3)4/h2*1-4H3;1-4H3. The lowest BCUT2D eigenvalue weighted by molar-refractivity contribution is 0.296. The van der Waals surface area contributed by atoms with Gasteiger partial charge in [0.25, 0.3) is 0 Å². The van der Waals surface area contributed by atoms with Crippen molar-refractivity contribution >= 4 is 11.8 Å². The van der Waals surface area contributed by atoms with Gasteiger partial charge in [0.15, 0.2) is 0 Å². The lowest BCUT2D eigenvalue weighted by atomic mass is 10.0. The van der Waals surface area contributed by atoms with E-state index in [0.717, 1.165) is 0 Å². The second-order valence-corrected chi connectivity index (χ2v) is 10.5. The Kier molecular flexibility index (Phi) is 6.06. The zero-order valence-corrected chi connectivity index (χ0v) is 16.6. The van der Waals surface area contributed by atoms with Crippen LogP contribution >= 0.6 is 11.8 Å². The molecule has 0 N–H and O–H groups in total. The molecule has 120 valence electrons. The fourth-order valence-corrected chi connectivity index (χ4v) is 2.45. The molecule has 0 unspecified atom stereocenters. The van der Waals surface area contributed by atoms with E-state index in [4.69, 9.17) is 4.74 Å². The van der Waals surface area contributed by atoms with Gasteiger partial charge in [-0.25, -0.2) is 0 Å². The smallest absolute Gasteiger partial charge is 0.0918 e. The molecule has 20 heavy (non-hydrogen) atoms. The van der Waals surface area contributed by atoms with Crippen LogP contribution < -0.4 is 0 Å². The summed E-state index contributed by atoms with van der Waals surface area (Å²) >= 11 is 2.05. The van der Waals surface area contributed by atoms with Crippen molar-refractivity contribution < 1.29 is 4.74 Å². The van der Waals surface area contributed by atoms with Gasteiger partial charge in [0.1, 0.15) is 0 Å². The van der Waals surface area contributed by atoms with Crippen LogP contribution in [-0.2, 0) is 4.74 Å². The average Bonchev–Trinajstić information content (AvgIpc) is 2.80. The van der Waals surface area contributed by atoms with Crippen LogP contribution in [0, 0.1) is 0 Å². The maximum atomic E-state index is 5.29. The Balaban J connectivity index is 0.000000272. The fourth-order valence-electron chi connectivity index (χ4n) is 1.22. The molecule has 0 aromatic carbocycles. The second kappa shape index (κ2) is 6.04. The van der Waals surface area contributed by atoms with Crippen LogP contribution in [0.3, 0.4) is 0 Å². The number of thioether (sulfide) groups is 1. The van der Waals surface area contributed by atoms with Crippen LogP contribution in [0.4, 0.5) is 0 Å². The Bertz CT molecular complexity index is 305. The fraction of sp³-hybridized carbons (Fsp3) is 0.889. The molecule has 2 heterocycles. The van der Waals surface area contributed by atoms with E-state index in [1.807, 2.05) is 0 Å². The highest BCUT2D eigenvalue weighted by molar-refractivity contribution is 8.09. The molecule has 0 bridgehead atoms. The summed E-state index contributed by atoms with van der Waals surface area (Å²) in [4.78, 5) is 0. The molecule has 0 saturated carbocycles. The molecule has 2 fully saturated rings. The monoisotopic (exact) mass is 300 g/mol. The minimum Gasteiger partial charge on any atom is -0.364 e. The van der Waals surface area contributed by atoms with E-state index in [1.165, 1.54) is 11.1 Å². The molecule has 0 radical (unpaired) electrons. The van der Waals surface area contributed by atoms with Crippen molar-refractivity contribution in [3.05, 3.63) is 11.1 Å². The van der Waals surface area contributed by atoms with Gasteiger partial charge in [-0.2, -0.15) is 0 Å². The highest BCUT2D eigenvalue weighted by atomic mass is 32.2. The first-order valence-electron chi connectivity index (χ1n) is 7.57. The molecular weight excluding hydrogens is 264 g/mol. The predicted molar refractivity (Wildman–Crippen MR) is 94.7 cm³/mol. The largest absolute Gasteiger partial charge is 0.364 e. The molecule has 0 spiro atoms. The van der Waals surface area contributed by atoms with Crippen molar-refractivity contribution in [2.75, 3.05) is 0 Å². The van der Waals surface area contributed by atoms with E-state index in [-0.39, 0.29) is 11.2 Å². The Labute approximate surface area is 131 Å². The summed E-state index contributed by atoms with van der Waals surface area (Å²) in [6, 6.07) is 0. The highest BCUT2D eigenvalue weighted by Crippen LogP contribution is 2.62. The summed E-state index contributed by atoms with van der Waals surface area (Å²) in [6.07, 6.45) is 0. The number of epoxide rings is 1. The van der Waals surface area contributed by atoms with Gasteiger partial charge >= 0.3 is 0 Å². The van der Waals surface area contributed by atoms with E-state index in [2.05, 4.69) is 94.8 Å². The first-order valence-corrected chi connectivity index (χ1v) is 8.38. The van der Waals surface area contributed by atoms with Gasteiger partial charge in [0.05, 0.1) is 11.2 Å². The van der Waals surface area contributed by atoms with Gasteiger partial charge in [-0.05, 0) is 83.1 Å². The van der Waals surface area contributed by atoms with E-state index in [0.29, 0.717) is 9.49 Å². The molecule has 2 aliphatic rings. The van der Waals surface area contributed by atoms with Gasteiger partial charge in [0.2, 0.25) is 0 Å². The molecule has 0 amide bonds. The van der Waals surface area contributed by atoms with Gasteiger partial charge in [-0.3, -0.25) is 0 Å². The minimum absolute atomic E-state index is 0.146. The highest BCUT2D eigenvalue weighted by Gasteiger charge is 2.56. The molecule has 0 atom stereocenters. The lowest BCUT2D eigenvalue weighted by Gasteiger charge is -2.00. The molecule has 2 rings (SSSR count). The van der Waals surface area contributed by atoms with Crippen LogP contribution in [0.5, 0.6) is 0 Å². The SMILES string of the molecule is CC(C)=C(C)C.CC1(C)OC1(C)C.CC1(C)SC1(C)C.